The Labute approximate surface area is 62.8 Å². The van der Waals surface area contributed by atoms with E-state index >= 15 is 0 Å². The SMILES string of the molecule is CC(C)[C@@H]1O[C@H]1C1CCC1. The van der Waals surface area contributed by atoms with Crippen LogP contribution in [0.4, 0.5) is 0 Å². The summed E-state index contributed by atoms with van der Waals surface area (Å²) in [6.45, 7) is 4.51. The van der Waals surface area contributed by atoms with E-state index in [1.165, 1.54) is 19.3 Å². The lowest BCUT2D eigenvalue weighted by atomic mass is 9.81. The first-order valence-corrected chi connectivity index (χ1v) is 4.44. The highest BCUT2D eigenvalue weighted by molar-refractivity contribution is 4.95. The van der Waals surface area contributed by atoms with E-state index in [4.69, 9.17) is 4.74 Å². The quantitative estimate of drug-likeness (QED) is 0.536. The van der Waals surface area contributed by atoms with Gasteiger partial charge in [-0.15, -0.1) is 0 Å². The van der Waals surface area contributed by atoms with Crippen molar-refractivity contribution in [3.63, 3.8) is 0 Å². The van der Waals surface area contributed by atoms with Crippen molar-refractivity contribution in [3.8, 4) is 0 Å². The second-order valence-corrected chi connectivity index (χ2v) is 4.00. The Morgan fingerprint density at radius 3 is 2.30 bits per heavy atom. The Bertz CT molecular complexity index is 127. The first-order valence-electron chi connectivity index (χ1n) is 4.44. The highest BCUT2D eigenvalue weighted by atomic mass is 16.6. The Balaban J connectivity index is 1.78. The molecule has 1 aliphatic carbocycles. The van der Waals surface area contributed by atoms with Crippen molar-refractivity contribution in [2.75, 3.05) is 0 Å². The molecule has 1 heteroatoms. The number of hydrogen-bond donors (Lipinski definition) is 0. The monoisotopic (exact) mass is 140 g/mol. The summed E-state index contributed by atoms with van der Waals surface area (Å²) in [5.41, 5.74) is 0. The van der Waals surface area contributed by atoms with Gasteiger partial charge < -0.3 is 4.74 Å². The van der Waals surface area contributed by atoms with Crippen LogP contribution in [0.2, 0.25) is 0 Å². The molecular formula is C9H16O. The van der Waals surface area contributed by atoms with Gasteiger partial charge in [-0.2, -0.15) is 0 Å². The van der Waals surface area contributed by atoms with Gasteiger partial charge in [0.1, 0.15) is 0 Å². The lowest BCUT2D eigenvalue weighted by Gasteiger charge is -2.23. The summed E-state index contributed by atoms with van der Waals surface area (Å²) in [6, 6.07) is 0. The largest absolute Gasteiger partial charge is 0.369 e. The summed E-state index contributed by atoms with van der Waals surface area (Å²) in [6.07, 6.45) is 5.57. The molecule has 2 aliphatic rings. The number of hydrogen-bond acceptors (Lipinski definition) is 1. The molecule has 2 atom stereocenters. The van der Waals surface area contributed by atoms with Gasteiger partial charge in [0, 0.05) is 0 Å². The summed E-state index contributed by atoms with van der Waals surface area (Å²) >= 11 is 0. The molecule has 0 amide bonds. The third-order valence-electron chi connectivity index (χ3n) is 2.83. The van der Waals surface area contributed by atoms with E-state index in [0.29, 0.717) is 12.2 Å². The molecule has 0 aromatic carbocycles. The van der Waals surface area contributed by atoms with E-state index in [1.807, 2.05) is 0 Å². The van der Waals surface area contributed by atoms with Crippen molar-refractivity contribution in [2.24, 2.45) is 11.8 Å². The molecule has 10 heavy (non-hydrogen) atoms. The van der Waals surface area contributed by atoms with Crippen LogP contribution in [0.5, 0.6) is 0 Å². The summed E-state index contributed by atoms with van der Waals surface area (Å²) in [7, 11) is 0. The highest BCUT2D eigenvalue weighted by Gasteiger charge is 2.47. The fourth-order valence-electron chi connectivity index (χ4n) is 1.82. The Kier molecular flexibility index (Phi) is 1.48. The van der Waals surface area contributed by atoms with E-state index in [-0.39, 0.29) is 0 Å². The molecule has 0 radical (unpaired) electrons. The van der Waals surface area contributed by atoms with E-state index in [2.05, 4.69) is 13.8 Å². The molecule has 1 nitrogen and oxygen atoms in total. The summed E-state index contributed by atoms with van der Waals surface area (Å²) in [5, 5.41) is 0. The normalized spacial score (nSPS) is 39.9. The third kappa shape index (κ3) is 0.968. The minimum Gasteiger partial charge on any atom is -0.369 e. The average Bonchev–Trinajstić information content (AvgIpc) is 2.40. The highest BCUT2D eigenvalue weighted by Crippen LogP contribution is 2.43. The molecule has 0 spiro atoms. The predicted molar refractivity (Wildman–Crippen MR) is 40.8 cm³/mol. The van der Waals surface area contributed by atoms with E-state index in [9.17, 15) is 0 Å². The van der Waals surface area contributed by atoms with Crippen LogP contribution < -0.4 is 0 Å². The van der Waals surface area contributed by atoms with E-state index in [0.717, 1.165) is 11.8 Å². The Hall–Kier alpha value is -0.0400. The maximum atomic E-state index is 5.58. The molecule has 2 rings (SSSR count). The van der Waals surface area contributed by atoms with Crippen LogP contribution in [-0.2, 0) is 4.74 Å². The molecule has 0 N–H and O–H groups in total. The van der Waals surface area contributed by atoms with Crippen LogP contribution >= 0.6 is 0 Å². The minimum absolute atomic E-state index is 0.616. The van der Waals surface area contributed by atoms with E-state index in [1.54, 1.807) is 0 Å². The number of epoxide rings is 1. The maximum absolute atomic E-state index is 5.58. The van der Waals surface area contributed by atoms with Crippen LogP contribution in [0.15, 0.2) is 0 Å². The zero-order valence-corrected chi connectivity index (χ0v) is 6.84. The summed E-state index contributed by atoms with van der Waals surface area (Å²) in [4.78, 5) is 0. The topological polar surface area (TPSA) is 12.5 Å². The fraction of sp³-hybridized carbons (Fsp3) is 1.00. The summed E-state index contributed by atoms with van der Waals surface area (Å²) < 4.78 is 5.58. The molecule has 1 saturated carbocycles. The molecule has 58 valence electrons. The molecule has 0 aromatic heterocycles. The minimum atomic E-state index is 0.616. The van der Waals surface area contributed by atoms with Crippen LogP contribution in [0, 0.1) is 11.8 Å². The number of ether oxygens (including phenoxy) is 1. The van der Waals surface area contributed by atoms with Gasteiger partial charge in [0.25, 0.3) is 0 Å². The standard InChI is InChI=1S/C9H16O/c1-6(2)8-9(10-8)7-4-3-5-7/h6-9H,3-5H2,1-2H3/t8-,9-/m0/s1. The van der Waals surface area contributed by atoms with Crippen molar-refractivity contribution in [2.45, 2.75) is 45.3 Å². The number of rotatable bonds is 2. The molecule has 2 fully saturated rings. The molecule has 1 heterocycles. The lowest BCUT2D eigenvalue weighted by molar-refractivity contribution is 0.228. The maximum Gasteiger partial charge on any atom is 0.0872 e. The second-order valence-electron chi connectivity index (χ2n) is 4.00. The zero-order chi connectivity index (χ0) is 7.14. The Morgan fingerprint density at radius 2 is 2.00 bits per heavy atom. The van der Waals surface area contributed by atoms with Gasteiger partial charge in [0.2, 0.25) is 0 Å². The first-order chi connectivity index (χ1) is 4.79. The van der Waals surface area contributed by atoms with Crippen LogP contribution in [-0.4, -0.2) is 12.2 Å². The summed E-state index contributed by atoms with van der Waals surface area (Å²) in [5.74, 6) is 1.68. The second kappa shape index (κ2) is 2.23. The molecule has 1 aliphatic heterocycles. The van der Waals surface area contributed by atoms with Crippen molar-refractivity contribution < 1.29 is 4.74 Å². The van der Waals surface area contributed by atoms with Gasteiger partial charge in [-0.05, 0) is 24.7 Å². The molecular weight excluding hydrogens is 124 g/mol. The predicted octanol–water partition coefficient (Wildman–Crippen LogP) is 2.21. The first kappa shape index (κ1) is 6.66. The molecule has 0 unspecified atom stereocenters. The van der Waals surface area contributed by atoms with E-state index < -0.39 is 0 Å². The smallest absolute Gasteiger partial charge is 0.0872 e. The van der Waals surface area contributed by atoms with Crippen LogP contribution in [0.3, 0.4) is 0 Å². The van der Waals surface area contributed by atoms with Crippen molar-refractivity contribution in [1.29, 1.82) is 0 Å². The van der Waals surface area contributed by atoms with Crippen LogP contribution in [0.1, 0.15) is 33.1 Å². The molecule has 0 bridgehead atoms. The van der Waals surface area contributed by atoms with Gasteiger partial charge in [-0.3, -0.25) is 0 Å². The van der Waals surface area contributed by atoms with Gasteiger partial charge in [0.15, 0.2) is 0 Å². The van der Waals surface area contributed by atoms with Gasteiger partial charge in [0.05, 0.1) is 12.2 Å². The fourth-order valence-corrected chi connectivity index (χ4v) is 1.82. The Morgan fingerprint density at radius 1 is 1.30 bits per heavy atom. The van der Waals surface area contributed by atoms with Gasteiger partial charge in [-0.1, -0.05) is 20.3 Å². The van der Waals surface area contributed by atoms with Gasteiger partial charge >= 0.3 is 0 Å². The lowest BCUT2D eigenvalue weighted by Crippen LogP contribution is -2.20. The van der Waals surface area contributed by atoms with Gasteiger partial charge in [-0.25, -0.2) is 0 Å². The van der Waals surface area contributed by atoms with Crippen molar-refractivity contribution in [1.82, 2.24) is 0 Å². The van der Waals surface area contributed by atoms with Crippen molar-refractivity contribution >= 4 is 0 Å². The average molecular weight is 140 g/mol. The molecule has 0 aromatic rings. The van der Waals surface area contributed by atoms with Crippen LogP contribution in [0.25, 0.3) is 0 Å². The van der Waals surface area contributed by atoms with Crippen molar-refractivity contribution in [3.05, 3.63) is 0 Å². The third-order valence-corrected chi connectivity index (χ3v) is 2.83. The zero-order valence-electron chi connectivity index (χ0n) is 6.84. The molecule has 1 saturated heterocycles.